The topological polar surface area (TPSA) is 42.9 Å². The number of ketones is 1. The van der Waals surface area contributed by atoms with Crippen LogP contribution in [0.15, 0.2) is 6.33 Å². The molecule has 1 heterocycles. The van der Waals surface area contributed by atoms with Gasteiger partial charge >= 0.3 is 0 Å². The molecule has 0 amide bonds. The number of carbonyl (C=O) groups excluding carboxylic acids is 1. The van der Waals surface area contributed by atoms with Crippen LogP contribution in [0.1, 0.15) is 49.6 Å². The molecule has 0 aromatic carbocycles. The van der Waals surface area contributed by atoms with Crippen molar-refractivity contribution in [1.82, 2.24) is 9.97 Å². The molecule has 16 heavy (non-hydrogen) atoms. The van der Waals surface area contributed by atoms with Crippen LogP contribution in [0.5, 0.6) is 0 Å². The number of carbonyl (C=O) groups is 1. The quantitative estimate of drug-likeness (QED) is 0.731. The molecule has 86 valence electrons. The molecule has 1 aliphatic carbocycles. The van der Waals surface area contributed by atoms with Crippen LogP contribution in [-0.2, 0) is 24.1 Å². The molecule has 2 rings (SSSR count). The van der Waals surface area contributed by atoms with Crippen LogP contribution < -0.4 is 0 Å². The molecular formula is C13H18N2O. The molecule has 0 saturated heterocycles. The summed E-state index contributed by atoms with van der Waals surface area (Å²) in [5, 5.41) is 0. The number of Topliss-reactive ketones (excluding diaryl/α,β-unsaturated/α-hetero) is 1. The third-order valence-corrected chi connectivity index (χ3v) is 3.22. The lowest BCUT2D eigenvalue weighted by atomic mass is 10.0. The number of fused-ring (bicyclic) bond motifs is 1. The Morgan fingerprint density at radius 3 is 2.88 bits per heavy atom. The van der Waals surface area contributed by atoms with Gasteiger partial charge in [-0.1, -0.05) is 13.3 Å². The minimum atomic E-state index is 0.269. The molecule has 3 heteroatoms. The molecule has 0 spiro atoms. The monoisotopic (exact) mass is 218 g/mol. The maximum absolute atomic E-state index is 11.5. The highest BCUT2D eigenvalue weighted by molar-refractivity contribution is 5.80. The van der Waals surface area contributed by atoms with E-state index in [0.717, 1.165) is 18.5 Å². The molecule has 0 N–H and O–H groups in total. The highest BCUT2D eigenvalue weighted by atomic mass is 16.1. The summed E-state index contributed by atoms with van der Waals surface area (Å²) in [5.74, 6) is 0.269. The van der Waals surface area contributed by atoms with Crippen LogP contribution in [0.4, 0.5) is 0 Å². The molecule has 1 aromatic heterocycles. The molecule has 1 aliphatic rings. The van der Waals surface area contributed by atoms with Gasteiger partial charge in [0.1, 0.15) is 12.1 Å². The van der Waals surface area contributed by atoms with Crippen molar-refractivity contribution in [2.45, 2.75) is 51.9 Å². The summed E-state index contributed by atoms with van der Waals surface area (Å²) in [4.78, 5) is 20.1. The van der Waals surface area contributed by atoms with Crippen molar-refractivity contribution in [3.63, 3.8) is 0 Å². The second kappa shape index (κ2) is 5.19. The third-order valence-electron chi connectivity index (χ3n) is 3.22. The highest BCUT2D eigenvalue weighted by Crippen LogP contribution is 2.21. The minimum Gasteiger partial charge on any atom is -0.299 e. The Kier molecular flexibility index (Phi) is 3.65. The average molecular weight is 218 g/mol. The fourth-order valence-electron chi connectivity index (χ4n) is 2.23. The van der Waals surface area contributed by atoms with Crippen LogP contribution >= 0.6 is 0 Å². The number of aryl methyl sites for hydroxylation is 1. The Morgan fingerprint density at radius 1 is 1.25 bits per heavy atom. The Balaban J connectivity index is 2.27. The van der Waals surface area contributed by atoms with Gasteiger partial charge in [0, 0.05) is 18.5 Å². The van der Waals surface area contributed by atoms with Crippen molar-refractivity contribution in [3.05, 3.63) is 23.3 Å². The third kappa shape index (κ3) is 2.46. The summed E-state index contributed by atoms with van der Waals surface area (Å²) in [6.07, 6.45) is 8.46. The Labute approximate surface area is 96.3 Å². The van der Waals surface area contributed by atoms with E-state index in [9.17, 15) is 4.79 Å². The van der Waals surface area contributed by atoms with E-state index in [1.54, 1.807) is 6.33 Å². The van der Waals surface area contributed by atoms with Crippen LogP contribution in [0.2, 0.25) is 0 Å². The number of aromatic nitrogens is 2. The first kappa shape index (κ1) is 11.2. The van der Waals surface area contributed by atoms with E-state index in [-0.39, 0.29) is 5.78 Å². The van der Waals surface area contributed by atoms with Gasteiger partial charge in [-0.25, -0.2) is 9.97 Å². The molecule has 0 unspecified atom stereocenters. The highest BCUT2D eigenvalue weighted by Gasteiger charge is 2.15. The predicted molar refractivity (Wildman–Crippen MR) is 62.3 cm³/mol. The van der Waals surface area contributed by atoms with Gasteiger partial charge in [-0.05, 0) is 31.2 Å². The summed E-state index contributed by atoms with van der Waals surface area (Å²) in [6, 6.07) is 0. The van der Waals surface area contributed by atoms with Crippen LogP contribution in [-0.4, -0.2) is 15.8 Å². The van der Waals surface area contributed by atoms with Gasteiger partial charge in [0.15, 0.2) is 0 Å². The SMILES string of the molecule is CCC(=O)Cc1ncnc2c1CCCCC2. The van der Waals surface area contributed by atoms with E-state index in [0.29, 0.717) is 12.8 Å². The number of hydrogen-bond acceptors (Lipinski definition) is 3. The predicted octanol–water partition coefficient (Wildman–Crippen LogP) is 2.27. The summed E-state index contributed by atoms with van der Waals surface area (Å²) in [7, 11) is 0. The second-order valence-corrected chi connectivity index (χ2v) is 4.38. The van der Waals surface area contributed by atoms with Crippen molar-refractivity contribution < 1.29 is 4.79 Å². The maximum Gasteiger partial charge on any atom is 0.138 e. The first-order chi connectivity index (χ1) is 7.81. The zero-order valence-corrected chi connectivity index (χ0v) is 9.83. The number of hydrogen-bond donors (Lipinski definition) is 0. The fraction of sp³-hybridized carbons (Fsp3) is 0.615. The Hall–Kier alpha value is -1.25. The molecule has 0 fully saturated rings. The van der Waals surface area contributed by atoms with E-state index in [4.69, 9.17) is 0 Å². The normalized spacial score (nSPS) is 15.3. The zero-order valence-electron chi connectivity index (χ0n) is 9.83. The van der Waals surface area contributed by atoms with E-state index in [1.807, 2.05) is 6.92 Å². The van der Waals surface area contributed by atoms with E-state index >= 15 is 0 Å². The van der Waals surface area contributed by atoms with Crippen LogP contribution in [0, 0.1) is 0 Å². The first-order valence-electron chi connectivity index (χ1n) is 6.14. The number of nitrogens with zero attached hydrogens (tertiary/aromatic N) is 2. The Bertz CT molecular complexity index is 388. The maximum atomic E-state index is 11.5. The molecule has 1 aromatic rings. The molecule has 0 bridgehead atoms. The van der Waals surface area contributed by atoms with Gasteiger partial charge < -0.3 is 0 Å². The lowest BCUT2D eigenvalue weighted by molar-refractivity contribution is -0.118. The smallest absolute Gasteiger partial charge is 0.138 e. The van der Waals surface area contributed by atoms with E-state index in [2.05, 4.69) is 9.97 Å². The Morgan fingerprint density at radius 2 is 2.06 bits per heavy atom. The summed E-state index contributed by atoms with van der Waals surface area (Å²) in [6.45, 7) is 1.90. The molecular weight excluding hydrogens is 200 g/mol. The van der Waals surface area contributed by atoms with Gasteiger partial charge in [-0.15, -0.1) is 0 Å². The van der Waals surface area contributed by atoms with Gasteiger partial charge in [0.25, 0.3) is 0 Å². The summed E-state index contributed by atoms with van der Waals surface area (Å²) < 4.78 is 0. The van der Waals surface area contributed by atoms with Crippen molar-refractivity contribution in [2.24, 2.45) is 0 Å². The molecule has 0 aliphatic heterocycles. The molecule has 3 nitrogen and oxygen atoms in total. The first-order valence-corrected chi connectivity index (χ1v) is 6.14. The van der Waals surface area contributed by atoms with E-state index in [1.165, 1.54) is 30.5 Å². The fourth-order valence-corrected chi connectivity index (χ4v) is 2.23. The van der Waals surface area contributed by atoms with Crippen molar-refractivity contribution in [1.29, 1.82) is 0 Å². The zero-order chi connectivity index (χ0) is 11.4. The van der Waals surface area contributed by atoms with E-state index < -0.39 is 0 Å². The van der Waals surface area contributed by atoms with Crippen molar-refractivity contribution in [2.75, 3.05) is 0 Å². The number of rotatable bonds is 3. The largest absolute Gasteiger partial charge is 0.299 e. The average Bonchev–Trinajstić information content (AvgIpc) is 2.54. The van der Waals surface area contributed by atoms with Crippen LogP contribution in [0.3, 0.4) is 0 Å². The lowest BCUT2D eigenvalue weighted by Gasteiger charge is -2.09. The second-order valence-electron chi connectivity index (χ2n) is 4.38. The van der Waals surface area contributed by atoms with Gasteiger partial charge in [0.05, 0.1) is 5.69 Å². The summed E-state index contributed by atoms with van der Waals surface area (Å²) >= 11 is 0. The van der Waals surface area contributed by atoms with Crippen molar-refractivity contribution in [3.8, 4) is 0 Å². The lowest BCUT2D eigenvalue weighted by Crippen LogP contribution is -2.09. The minimum absolute atomic E-state index is 0.269. The van der Waals surface area contributed by atoms with Crippen molar-refractivity contribution >= 4 is 5.78 Å². The molecule has 0 atom stereocenters. The van der Waals surface area contributed by atoms with Gasteiger partial charge in [-0.3, -0.25) is 4.79 Å². The standard InChI is InChI=1S/C13H18N2O/c1-2-10(16)8-13-11-6-4-3-5-7-12(11)14-9-15-13/h9H,2-8H2,1H3. The molecule has 0 radical (unpaired) electrons. The summed E-state index contributed by atoms with van der Waals surface area (Å²) in [5.41, 5.74) is 3.40. The van der Waals surface area contributed by atoms with Crippen LogP contribution in [0.25, 0.3) is 0 Å². The molecule has 0 saturated carbocycles. The van der Waals surface area contributed by atoms with Gasteiger partial charge in [0.2, 0.25) is 0 Å². The van der Waals surface area contributed by atoms with Gasteiger partial charge in [-0.2, -0.15) is 0 Å².